The van der Waals surface area contributed by atoms with E-state index in [-0.39, 0.29) is 29.4 Å². The van der Waals surface area contributed by atoms with Crippen LogP contribution in [0.25, 0.3) is 0 Å². The molecular weight excluding hydrogens is 321 g/mol. The fourth-order valence-electron chi connectivity index (χ4n) is 3.91. The molecule has 0 saturated carbocycles. The quantitative estimate of drug-likeness (QED) is 0.878. The van der Waals surface area contributed by atoms with Gasteiger partial charge < -0.3 is 15.2 Å². The molecular formula is C20H20FNO3. The van der Waals surface area contributed by atoms with Crippen molar-refractivity contribution >= 4 is 5.91 Å². The second kappa shape index (κ2) is 6.39. The average molecular weight is 341 g/mol. The van der Waals surface area contributed by atoms with Crippen LogP contribution in [0.15, 0.2) is 36.4 Å². The predicted molar refractivity (Wildman–Crippen MR) is 91.2 cm³/mol. The van der Waals surface area contributed by atoms with E-state index in [4.69, 9.17) is 4.74 Å². The van der Waals surface area contributed by atoms with Gasteiger partial charge in [-0.05, 0) is 42.5 Å². The largest absolute Gasteiger partial charge is 0.508 e. The van der Waals surface area contributed by atoms with Gasteiger partial charge in [0.1, 0.15) is 5.75 Å². The Morgan fingerprint density at radius 2 is 1.96 bits per heavy atom. The number of rotatable bonds is 2. The van der Waals surface area contributed by atoms with Gasteiger partial charge >= 0.3 is 0 Å². The molecule has 25 heavy (non-hydrogen) atoms. The van der Waals surface area contributed by atoms with Crippen LogP contribution in [0.3, 0.4) is 0 Å². The molecule has 0 spiro atoms. The summed E-state index contributed by atoms with van der Waals surface area (Å²) in [5.74, 6) is -0.261. The molecule has 0 aromatic heterocycles. The van der Waals surface area contributed by atoms with E-state index in [0.717, 1.165) is 30.4 Å². The molecule has 1 amide bonds. The van der Waals surface area contributed by atoms with Gasteiger partial charge in [0.05, 0.1) is 18.6 Å². The molecule has 1 aliphatic heterocycles. The van der Waals surface area contributed by atoms with Crippen molar-refractivity contribution in [1.29, 1.82) is 0 Å². The Labute approximate surface area is 145 Å². The van der Waals surface area contributed by atoms with Gasteiger partial charge in [0.15, 0.2) is 11.6 Å². The first-order valence-corrected chi connectivity index (χ1v) is 8.67. The number of aromatic hydroxyl groups is 1. The van der Waals surface area contributed by atoms with E-state index in [1.165, 1.54) is 6.07 Å². The maximum Gasteiger partial charge on any atom is 0.228 e. The van der Waals surface area contributed by atoms with Crippen molar-refractivity contribution in [2.45, 2.75) is 37.6 Å². The van der Waals surface area contributed by atoms with Gasteiger partial charge in [-0.2, -0.15) is 0 Å². The van der Waals surface area contributed by atoms with Crippen LogP contribution < -0.4 is 10.1 Å². The number of nitrogens with one attached hydrogen (secondary N) is 1. The number of hydrogen-bond donors (Lipinski definition) is 2. The summed E-state index contributed by atoms with van der Waals surface area (Å²) in [6.07, 6.45) is 3.02. The van der Waals surface area contributed by atoms with E-state index in [9.17, 15) is 14.3 Å². The number of para-hydroxylation sites is 1. The van der Waals surface area contributed by atoms with E-state index >= 15 is 0 Å². The number of benzene rings is 2. The fraction of sp³-hybridized carbons (Fsp3) is 0.350. The van der Waals surface area contributed by atoms with Crippen molar-refractivity contribution in [3.8, 4) is 11.5 Å². The number of amides is 1. The average Bonchev–Trinajstić information content (AvgIpc) is 2.62. The number of hydrogen-bond acceptors (Lipinski definition) is 3. The first kappa shape index (κ1) is 15.9. The van der Waals surface area contributed by atoms with Gasteiger partial charge in [-0.1, -0.05) is 24.3 Å². The van der Waals surface area contributed by atoms with Gasteiger partial charge in [0.25, 0.3) is 0 Å². The lowest BCUT2D eigenvalue weighted by Gasteiger charge is -2.30. The first-order valence-electron chi connectivity index (χ1n) is 8.67. The summed E-state index contributed by atoms with van der Waals surface area (Å²) < 4.78 is 19.3. The van der Waals surface area contributed by atoms with Crippen LogP contribution in [0, 0.1) is 5.82 Å². The molecule has 0 radical (unpaired) electrons. The van der Waals surface area contributed by atoms with Gasteiger partial charge in [-0.25, -0.2) is 4.39 Å². The fourth-order valence-corrected chi connectivity index (χ4v) is 3.91. The summed E-state index contributed by atoms with van der Waals surface area (Å²) in [5.41, 5.74) is 2.45. The number of phenols is 1. The summed E-state index contributed by atoms with van der Waals surface area (Å²) in [7, 11) is 0. The number of fused-ring (bicyclic) bond motifs is 2. The SMILES string of the molecule is O=C(NC1CCOc2c(F)cccc21)C1CCCc2c(O)cccc21. The molecule has 4 nitrogen and oxygen atoms in total. The van der Waals surface area contributed by atoms with Gasteiger partial charge in [0, 0.05) is 12.0 Å². The highest BCUT2D eigenvalue weighted by Crippen LogP contribution is 2.38. The molecule has 0 saturated heterocycles. The molecule has 0 fully saturated rings. The molecule has 2 N–H and O–H groups in total. The Morgan fingerprint density at radius 1 is 1.16 bits per heavy atom. The minimum absolute atomic E-state index is 0.0753. The zero-order valence-corrected chi connectivity index (χ0v) is 13.8. The molecule has 4 rings (SSSR count). The summed E-state index contributed by atoms with van der Waals surface area (Å²) in [6.45, 7) is 0.376. The van der Waals surface area contributed by atoms with Crippen LogP contribution in [0.1, 0.15) is 47.9 Å². The van der Waals surface area contributed by atoms with E-state index < -0.39 is 5.82 Å². The summed E-state index contributed by atoms with van der Waals surface area (Å²) >= 11 is 0. The predicted octanol–water partition coefficient (Wildman–Crippen LogP) is 3.59. The number of halogens is 1. The van der Waals surface area contributed by atoms with E-state index in [0.29, 0.717) is 18.6 Å². The normalized spacial score (nSPS) is 21.6. The zero-order chi connectivity index (χ0) is 17.4. The second-order valence-corrected chi connectivity index (χ2v) is 6.65. The van der Waals surface area contributed by atoms with Crippen molar-refractivity contribution in [3.05, 3.63) is 58.9 Å². The molecule has 2 aromatic carbocycles. The highest BCUT2D eigenvalue weighted by molar-refractivity contribution is 5.85. The number of phenolic OH excluding ortho intramolecular Hbond substituents is 1. The first-order chi connectivity index (χ1) is 12.1. The Hall–Kier alpha value is -2.56. The molecule has 130 valence electrons. The lowest BCUT2D eigenvalue weighted by molar-refractivity contribution is -0.123. The smallest absolute Gasteiger partial charge is 0.228 e. The minimum atomic E-state index is -0.399. The van der Waals surface area contributed by atoms with Crippen LogP contribution in [-0.2, 0) is 11.2 Å². The zero-order valence-electron chi connectivity index (χ0n) is 13.8. The maximum absolute atomic E-state index is 13.9. The monoisotopic (exact) mass is 341 g/mol. The van der Waals surface area contributed by atoms with Crippen LogP contribution in [0.5, 0.6) is 11.5 Å². The van der Waals surface area contributed by atoms with Crippen LogP contribution in [0.2, 0.25) is 0 Å². The van der Waals surface area contributed by atoms with Gasteiger partial charge in [-0.15, -0.1) is 0 Å². The van der Waals surface area contributed by atoms with E-state index in [2.05, 4.69) is 5.32 Å². The molecule has 1 aliphatic carbocycles. The Kier molecular flexibility index (Phi) is 4.07. The van der Waals surface area contributed by atoms with Crippen molar-refractivity contribution in [3.63, 3.8) is 0 Å². The Morgan fingerprint density at radius 3 is 2.84 bits per heavy atom. The molecule has 2 atom stereocenters. The van der Waals surface area contributed by atoms with Crippen molar-refractivity contribution < 1.29 is 19.0 Å². The van der Waals surface area contributed by atoms with E-state index in [1.807, 2.05) is 6.07 Å². The molecule has 5 heteroatoms. The van der Waals surface area contributed by atoms with Crippen LogP contribution in [0.4, 0.5) is 4.39 Å². The molecule has 2 unspecified atom stereocenters. The Bertz CT molecular complexity index is 821. The summed E-state index contributed by atoms with van der Waals surface area (Å²) in [6, 6.07) is 9.89. The molecule has 1 heterocycles. The van der Waals surface area contributed by atoms with E-state index in [1.54, 1.807) is 24.3 Å². The third-order valence-electron chi connectivity index (χ3n) is 5.14. The Balaban J connectivity index is 1.59. The van der Waals surface area contributed by atoms with Crippen LogP contribution in [-0.4, -0.2) is 17.6 Å². The van der Waals surface area contributed by atoms with Gasteiger partial charge in [-0.3, -0.25) is 4.79 Å². The highest BCUT2D eigenvalue weighted by Gasteiger charge is 2.31. The standard InChI is InChI=1S/C20H20FNO3/c21-16-8-2-7-15-17(10-11-25-19(15)16)22-20(24)14-6-1-5-13-12(14)4-3-9-18(13)23/h2-4,7-9,14,17,23H,1,5-6,10-11H2,(H,22,24). The third-order valence-corrected chi connectivity index (χ3v) is 5.14. The third kappa shape index (κ3) is 2.84. The van der Waals surface area contributed by atoms with Gasteiger partial charge in [0.2, 0.25) is 5.91 Å². The summed E-state index contributed by atoms with van der Waals surface area (Å²) in [4.78, 5) is 12.9. The van der Waals surface area contributed by atoms with Crippen molar-refractivity contribution in [1.82, 2.24) is 5.32 Å². The van der Waals surface area contributed by atoms with Crippen molar-refractivity contribution in [2.75, 3.05) is 6.61 Å². The molecule has 2 aromatic rings. The maximum atomic E-state index is 13.9. The highest BCUT2D eigenvalue weighted by atomic mass is 19.1. The number of carbonyl (C=O) groups is 1. The number of ether oxygens (including phenoxy) is 1. The second-order valence-electron chi connectivity index (χ2n) is 6.65. The molecule has 2 aliphatic rings. The lowest BCUT2D eigenvalue weighted by Crippen LogP contribution is -2.36. The minimum Gasteiger partial charge on any atom is -0.508 e. The topological polar surface area (TPSA) is 58.6 Å². The molecule has 0 bridgehead atoms. The summed E-state index contributed by atoms with van der Waals surface area (Å²) in [5, 5.41) is 13.1. The van der Waals surface area contributed by atoms with Crippen molar-refractivity contribution in [2.24, 2.45) is 0 Å². The number of carbonyl (C=O) groups excluding carboxylic acids is 1. The van der Waals surface area contributed by atoms with Crippen LogP contribution >= 0.6 is 0 Å². The lowest BCUT2D eigenvalue weighted by atomic mass is 9.81.